The Balaban J connectivity index is 2.30. The minimum absolute atomic E-state index is 0.0105. The van der Waals surface area contributed by atoms with Gasteiger partial charge in [0.15, 0.2) is 0 Å². The number of nitrogens with one attached hydrogen (secondary N) is 1. The first-order valence-corrected chi connectivity index (χ1v) is 8.07. The quantitative estimate of drug-likeness (QED) is 0.808. The van der Waals surface area contributed by atoms with Gasteiger partial charge in [0.25, 0.3) is 5.91 Å². The molecule has 0 saturated carbocycles. The summed E-state index contributed by atoms with van der Waals surface area (Å²) in [6, 6.07) is 4.62. The summed E-state index contributed by atoms with van der Waals surface area (Å²) < 4.78 is 23.0. The van der Waals surface area contributed by atoms with E-state index in [0.29, 0.717) is 24.2 Å². The highest BCUT2D eigenvalue weighted by atomic mass is 32.2. The highest BCUT2D eigenvalue weighted by Crippen LogP contribution is 2.17. The van der Waals surface area contributed by atoms with Gasteiger partial charge in [-0.1, -0.05) is 6.07 Å². The number of hydrogen-bond acceptors (Lipinski definition) is 4. The van der Waals surface area contributed by atoms with Gasteiger partial charge >= 0.3 is 0 Å². The first-order valence-electron chi connectivity index (χ1n) is 6.53. The lowest BCUT2D eigenvalue weighted by atomic mass is 10.1. The van der Waals surface area contributed by atoms with Crippen molar-refractivity contribution in [1.29, 1.82) is 0 Å². The number of rotatable bonds is 2. The summed E-state index contributed by atoms with van der Waals surface area (Å²) in [5.41, 5.74) is 0.906. The Morgan fingerprint density at radius 1 is 1.30 bits per heavy atom. The van der Waals surface area contributed by atoms with Crippen LogP contribution in [0.1, 0.15) is 22.3 Å². The van der Waals surface area contributed by atoms with Crippen LogP contribution in [0.4, 0.5) is 0 Å². The van der Waals surface area contributed by atoms with E-state index in [4.69, 9.17) is 5.14 Å². The van der Waals surface area contributed by atoms with Gasteiger partial charge in [-0.3, -0.25) is 4.79 Å². The first-order chi connectivity index (χ1) is 9.39. The fraction of sp³-hybridized carbons (Fsp3) is 0.462. The minimum Gasteiger partial charge on any atom is -0.337 e. The van der Waals surface area contributed by atoms with E-state index in [0.717, 1.165) is 19.5 Å². The van der Waals surface area contributed by atoms with Crippen molar-refractivity contribution in [1.82, 2.24) is 10.2 Å². The molecule has 0 radical (unpaired) electrons. The van der Waals surface area contributed by atoms with Crippen molar-refractivity contribution in [2.75, 3.05) is 26.2 Å². The Hall–Kier alpha value is -1.44. The van der Waals surface area contributed by atoms with Crippen LogP contribution in [0.5, 0.6) is 0 Å². The van der Waals surface area contributed by atoms with E-state index in [1.807, 2.05) is 0 Å². The van der Waals surface area contributed by atoms with Crippen molar-refractivity contribution < 1.29 is 13.2 Å². The maximum absolute atomic E-state index is 12.4. The van der Waals surface area contributed by atoms with Gasteiger partial charge in [-0.2, -0.15) is 0 Å². The van der Waals surface area contributed by atoms with Gasteiger partial charge in [0, 0.05) is 25.2 Å². The zero-order valence-corrected chi connectivity index (χ0v) is 12.2. The molecule has 1 aromatic carbocycles. The SMILES string of the molecule is Cc1ccc(C(=O)N2CCCNCC2)cc1S(N)(=O)=O. The van der Waals surface area contributed by atoms with Crippen LogP contribution in [0.15, 0.2) is 23.1 Å². The lowest BCUT2D eigenvalue weighted by Gasteiger charge is -2.20. The zero-order chi connectivity index (χ0) is 14.8. The summed E-state index contributed by atoms with van der Waals surface area (Å²) in [4.78, 5) is 14.1. The number of sulfonamides is 1. The largest absolute Gasteiger partial charge is 0.337 e. The van der Waals surface area contributed by atoms with Crippen LogP contribution >= 0.6 is 0 Å². The molecule has 6 nitrogen and oxygen atoms in total. The fourth-order valence-electron chi connectivity index (χ4n) is 2.27. The molecule has 2 rings (SSSR count). The second kappa shape index (κ2) is 5.90. The fourth-order valence-corrected chi connectivity index (χ4v) is 3.08. The molecule has 1 fully saturated rings. The molecular formula is C13H19N3O3S. The highest BCUT2D eigenvalue weighted by Gasteiger charge is 2.20. The van der Waals surface area contributed by atoms with E-state index < -0.39 is 10.0 Å². The zero-order valence-electron chi connectivity index (χ0n) is 11.4. The third-order valence-electron chi connectivity index (χ3n) is 3.37. The van der Waals surface area contributed by atoms with Gasteiger partial charge in [0.2, 0.25) is 10.0 Å². The molecule has 0 aliphatic carbocycles. The molecule has 0 aromatic heterocycles. The summed E-state index contributed by atoms with van der Waals surface area (Å²) >= 11 is 0. The summed E-state index contributed by atoms with van der Waals surface area (Å²) in [7, 11) is -3.81. The number of nitrogens with zero attached hydrogens (tertiary/aromatic N) is 1. The van der Waals surface area contributed by atoms with Crippen molar-refractivity contribution in [3.05, 3.63) is 29.3 Å². The van der Waals surface area contributed by atoms with Gasteiger partial charge in [-0.05, 0) is 37.6 Å². The molecule has 1 aliphatic rings. The standard InChI is InChI=1S/C13H19N3O3S/c1-10-3-4-11(9-12(10)20(14,18)19)13(17)16-7-2-5-15-6-8-16/h3-4,9,15H,2,5-8H2,1H3,(H2,14,18,19). The molecule has 1 aromatic rings. The molecule has 7 heteroatoms. The predicted octanol–water partition coefficient (Wildman–Crippen LogP) is 0.0779. The number of carbonyl (C=O) groups excluding carboxylic acids is 1. The predicted molar refractivity (Wildman–Crippen MR) is 75.9 cm³/mol. The molecule has 110 valence electrons. The number of hydrogen-bond donors (Lipinski definition) is 2. The lowest BCUT2D eigenvalue weighted by Crippen LogP contribution is -2.34. The Bertz CT molecular complexity index is 605. The van der Waals surface area contributed by atoms with E-state index in [9.17, 15) is 13.2 Å². The maximum atomic E-state index is 12.4. The van der Waals surface area contributed by atoms with Crippen LogP contribution in [0.25, 0.3) is 0 Å². The smallest absolute Gasteiger partial charge is 0.253 e. The average Bonchev–Trinajstić information content (AvgIpc) is 2.66. The monoisotopic (exact) mass is 297 g/mol. The molecule has 3 N–H and O–H groups in total. The van der Waals surface area contributed by atoms with Gasteiger partial charge in [-0.25, -0.2) is 13.6 Å². The highest BCUT2D eigenvalue weighted by molar-refractivity contribution is 7.89. The topological polar surface area (TPSA) is 92.5 Å². The summed E-state index contributed by atoms with van der Waals surface area (Å²) in [5.74, 6) is -0.154. The van der Waals surface area contributed by atoms with Crippen molar-refractivity contribution >= 4 is 15.9 Å². The molecular weight excluding hydrogens is 278 g/mol. The van der Waals surface area contributed by atoms with Crippen molar-refractivity contribution in [3.63, 3.8) is 0 Å². The lowest BCUT2D eigenvalue weighted by molar-refractivity contribution is 0.0766. The van der Waals surface area contributed by atoms with Crippen LogP contribution in [-0.2, 0) is 10.0 Å². The molecule has 0 atom stereocenters. The molecule has 20 heavy (non-hydrogen) atoms. The average molecular weight is 297 g/mol. The number of benzene rings is 1. The van der Waals surface area contributed by atoms with E-state index in [1.54, 1.807) is 24.0 Å². The number of carbonyl (C=O) groups is 1. The van der Waals surface area contributed by atoms with Gasteiger partial charge < -0.3 is 10.2 Å². The Kier molecular flexibility index (Phi) is 4.42. The number of aryl methyl sites for hydroxylation is 1. The third-order valence-corrected chi connectivity index (χ3v) is 4.42. The molecule has 1 heterocycles. The molecule has 0 unspecified atom stereocenters. The number of nitrogens with two attached hydrogens (primary N) is 1. The summed E-state index contributed by atoms with van der Waals surface area (Å²) in [5, 5.41) is 8.39. The van der Waals surface area contributed by atoms with Crippen molar-refractivity contribution in [2.24, 2.45) is 5.14 Å². The number of primary sulfonamides is 1. The summed E-state index contributed by atoms with van der Waals surface area (Å²) in [6.45, 7) is 4.59. The van der Waals surface area contributed by atoms with Crippen LogP contribution in [-0.4, -0.2) is 45.4 Å². The second-order valence-electron chi connectivity index (χ2n) is 4.92. The van der Waals surface area contributed by atoms with E-state index in [-0.39, 0.29) is 10.8 Å². The first kappa shape index (κ1) is 15.0. The van der Waals surface area contributed by atoms with E-state index in [1.165, 1.54) is 6.07 Å². The van der Waals surface area contributed by atoms with Crippen LogP contribution < -0.4 is 10.5 Å². The molecule has 1 saturated heterocycles. The Morgan fingerprint density at radius 3 is 2.75 bits per heavy atom. The summed E-state index contributed by atoms with van der Waals surface area (Å²) in [6.07, 6.45) is 0.889. The van der Waals surface area contributed by atoms with Gasteiger partial charge in [-0.15, -0.1) is 0 Å². The Morgan fingerprint density at radius 2 is 2.05 bits per heavy atom. The maximum Gasteiger partial charge on any atom is 0.253 e. The van der Waals surface area contributed by atoms with Crippen LogP contribution in [0, 0.1) is 6.92 Å². The second-order valence-corrected chi connectivity index (χ2v) is 6.45. The number of amides is 1. The molecule has 0 bridgehead atoms. The third kappa shape index (κ3) is 3.36. The van der Waals surface area contributed by atoms with Crippen LogP contribution in [0.3, 0.4) is 0 Å². The normalized spacial score (nSPS) is 16.8. The van der Waals surface area contributed by atoms with Crippen molar-refractivity contribution in [2.45, 2.75) is 18.2 Å². The van der Waals surface area contributed by atoms with Crippen LogP contribution in [0.2, 0.25) is 0 Å². The van der Waals surface area contributed by atoms with E-state index >= 15 is 0 Å². The molecule has 0 spiro atoms. The molecule has 1 aliphatic heterocycles. The Labute approximate surface area is 119 Å². The molecule has 1 amide bonds. The van der Waals surface area contributed by atoms with E-state index in [2.05, 4.69) is 5.32 Å². The van der Waals surface area contributed by atoms with Crippen molar-refractivity contribution in [3.8, 4) is 0 Å². The van der Waals surface area contributed by atoms with Gasteiger partial charge in [0.05, 0.1) is 4.90 Å². The minimum atomic E-state index is -3.81. The van der Waals surface area contributed by atoms with Gasteiger partial charge in [0.1, 0.15) is 0 Å².